The zero-order chi connectivity index (χ0) is 39.6. The van der Waals surface area contributed by atoms with Gasteiger partial charge in [-0.1, -0.05) is 77.8 Å². The number of ether oxygens (including phenoxy) is 1. The number of carboxylic acids is 1. The molecule has 1 aliphatic heterocycles. The highest BCUT2D eigenvalue weighted by Crippen LogP contribution is 2.35. The third-order valence-corrected chi connectivity index (χ3v) is 12.2. The number of Topliss-reactive ketones (excluding diaryl/α,β-unsaturated/α-hetero) is 1. The van der Waals surface area contributed by atoms with E-state index in [9.17, 15) is 29.1 Å². The summed E-state index contributed by atoms with van der Waals surface area (Å²) in [6.07, 6.45) is 2.64. The van der Waals surface area contributed by atoms with Gasteiger partial charge in [0.15, 0.2) is 11.9 Å². The van der Waals surface area contributed by atoms with Gasteiger partial charge in [0.2, 0.25) is 5.91 Å². The predicted molar refractivity (Wildman–Crippen MR) is 208 cm³/mol. The van der Waals surface area contributed by atoms with Gasteiger partial charge in [-0.15, -0.1) is 11.3 Å². The number of aliphatic carboxylic acids is 1. The quantitative estimate of drug-likeness (QED) is 0.130. The van der Waals surface area contributed by atoms with Crippen LogP contribution in [0.2, 0.25) is 0 Å². The van der Waals surface area contributed by atoms with Crippen LogP contribution >= 0.6 is 11.3 Å². The Bertz CT molecular complexity index is 1560. The van der Waals surface area contributed by atoms with E-state index in [-0.39, 0.29) is 60.9 Å². The van der Waals surface area contributed by atoms with Gasteiger partial charge >= 0.3 is 11.9 Å². The fourth-order valence-corrected chi connectivity index (χ4v) is 7.77. The Kier molecular flexibility index (Phi) is 16.2. The number of hydrogen-bond donors (Lipinski definition) is 2. The van der Waals surface area contributed by atoms with Crippen LogP contribution in [-0.4, -0.2) is 87.7 Å². The molecule has 2 heterocycles. The Balaban J connectivity index is 1.86. The van der Waals surface area contributed by atoms with Gasteiger partial charge in [-0.25, -0.2) is 4.98 Å². The molecule has 1 aromatic heterocycles. The first-order chi connectivity index (χ1) is 24.9. The van der Waals surface area contributed by atoms with Crippen molar-refractivity contribution in [1.29, 1.82) is 0 Å². The number of ketones is 1. The van der Waals surface area contributed by atoms with Crippen molar-refractivity contribution in [1.82, 2.24) is 20.1 Å². The van der Waals surface area contributed by atoms with E-state index in [1.807, 2.05) is 84.7 Å². The number of likely N-dealkylation sites (N-methyl/N-ethyl adjacent to an activating group) is 1. The number of nitrogens with zero attached hydrogens (tertiary/aromatic N) is 3. The summed E-state index contributed by atoms with van der Waals surface area (Å²) < 4.78 is 6.02. The van der Waals surface area contributed by atoms with E-state index >= 15 is 0 Å². The van der Waals surface area contributed by atoms with Gasteiger partial charge in [-0.2, -0.15) is 0 Å². The monoisotopic (exact) mass is 754 g/mol. The van der Waals surface area contributed by atoms with Crippen molar-refractivity contribution in [3.05, 3.63) is 51.5 Å². The summed E-state index contributed by atoms with van der Waals surface area (Å²) in [5.74, 6) is -3.00. The summed E-state index contributed by atoms with van der Waals surface area (Å²) in [7, 11) is 3.71. The van der Waals surface area contributed by atoms with Crippen molar-refractivity contribution in [3.63, 3.8) is 0 Å². The van der Waals surface area contributed by atoms with Crippen molar-refractivity contribution in [2.75, 3.05) is 20.6 Å². The third kappa shape index (κ3) is 11.7. The first-order valence-corrected chi connectivity index (χ1v) is 20.0. The summed E-state index contributed by atoms with van der Waals surface area (Å²) in [4.78, 5) is 74.5. The zero-order valence-electron chi connectivity index (χ0n) is 33.4. The number of amides is 2. The van der Waals surface area contributed by atoms with Gasteiger partial charge in [-0.3, -0.25) is 28.9 Å². The summed E-state index contributed by atoms with van der Waals surface area (Å²) in [5, 5.41) is 14.7. The van der Waals surface area contributed by atoms with Crippen LogP contribution in [0.25, 0.3) is 0 Å². The van der Waals surface area contributed by atoms with Crippen LogP contribution in [0.3, 0.4) is 0 Å². The molecule has 0 saturated carbocycles. The normalized spacial score (nSPS) is 19.3. The maximum Gasteiger partial charge on any atom is 0.306 e. The minimum absolute atomic E-state index is 0.0118. The van der Waals surface area contributed by atoms with Gasteiger partial charge in [0.25, 0.3) is 5.91 Å². The predicted octanol–water partition coefficient (Wildman–Crippen LogP) is 6.88. The van der Waals surface area contributed by atoms with Gasteiger partial charge in [0, 0.05) is 56.2 Å². The molecule has 0 bridgehead atoms. The number of carboxylic acid groups (broad SMARTS) is 1. The van der Waals surface area contributed by atoms with Crippen molar-refractivity contribution >= 4 is 40.9 Å². The second-order valence-electron chi connectivity index (χ2n) is 15.7. The van der Waals surface area contributed by atoms with Gasteiger partial charge < -0.3 is 20.1 Å². The summed E-state index contributed by atoms with van der Waals surface area (Å²) in [6.45, 7) is 16.4. The molecule has 3 rings (SSSR count). The minimum atomic E-state index is -0.939. The number of aryl methyl sites for hydroxylation is 1. The van der Waals surface area contributed by atoms with E-state index in [1.54, 1.807) is 24.3 Å². The lowest BCUT2D eigenvalue weighted by molar-refractivity contribution is -0.152. The molecular formula is C41H62N4O7S. The number of nitrogens with one attached hydrogen (secondary N) is 1. The van der Waals surface area contributed by atoms with Gasteiger partial charge in [0.1, 0.15) is 10.7 Å². The lowest BCUT2D eigenvalue weighted by atomic mass is 9.76. The van der Waals surface area contributed by atoms with Crippen LogP contribution < -0.4 is 5.32 Å². The average molecular weight is 755 g/mol. The second kappa shape index (κ2) is 19.6. The highest BCUT2D eigenvalue weighted by Gasteiger charge is 2.46. The molecule has 0 spiro atoms. The first kappa shape index (κ1) is 43.8. The number of carbonyl (C=O) groups is 5. The molecule has 1 unspecified atom stereocenters. The van der Waals surface area contributed by atoms with E-state index in [4.69, 9.17) is 4.74 Å². The molecule has 0 radical (unpaired) electrons. The summed E-state index contributed by atoms with van der Waals surface area (Å²) in [6, 6.07) is 7.09. The number of aromatic nitrogens is 1. The van der Waals surface area contributed by atoms with Gasteiger partial charge in [-0.05, 0) is 64.0 Å². The smallest absolute Gasteiger partial charge is 0.306 e. The molecule has 294 valence electrons. The number of hydrogen-bond acceptors (Lipinski definition) is 9. The maximum atomic E-state index is 14.3. The minimum Gasteiger partial charge on any atom is -0.481 e. The van der Waals surface area contributed by atoms with Gasteiger partial charge in [0.05, 0.1) is 11.5 Å². The van der Waals surface area contributed by atoms with Crippen LogP contribution in [0.4, 0.5) is 0 Å². The molecule has 1 aliphatic rings. The Morgan fingerprint density at radius 1 is 1.08 bits per heavy atom. The number of rotatable bonds is 21. The third-order valence-electron chi connectivity index (χ3n) is 11.3. The summed E-state index contributed by atoms with van der Waals surface area (Å²) >= 11 is 1.21. The van der Waals surface area contributed by atoms with Crippen molar-refractivity contribution in [2.24, 2.45) is 23.7 Å². The van der Waals surface area contributed by atoms with E-state index in [1.165, 1.54) is 11.3 Å². The maximum absolute atomic E-state index is 14.3. The molecule has 1 aromatic carbocycles. The Labute approximate surface area is 320 Å². The fourth-order valence-electron chi connectivity index (χ4n) is 6.93. The van der Waals surface area contributed by atoms with Crippen LogP contribution in [0.15, 0.2) is 29.6 Å². The van der Waals surface area contributed by atoms with E-state index in [2.05, 4.69) is 10.3 Å². The molecule has 12 heteroatoms. The van der Waals surface area contributed by atoms with Crippen molar-refractivity contribution < 1.29 is 33.8 Å². The Hall–Kier alpha value is -3.64. The fraction of sp³-hybridized carbons (Fsp3) is 0.659. The molecule has 0 aliphatic carbocycles. The van der Waals surface area contributed by atoms with Crippen LogP contribution in [-0.2, 0) is 30.3 Å². The van der Waals surface area contributed by atoms with Crippen molar-refractivity contribution in [3.8, 4) is 0 Å². The molecule has 11 nitrogen and oxygen atoms in total. The number of esters is 1. The molecular weight excluding hydrogens is 693 g/mol. The molecule has 1 saturated heterocycles. The van der Waals surface area contributed by atoms with E-state index in [0.717, 1.165) is 30.5 Å². The molecule has 1 fully saturated rings. The SMILES string of the molecule is CCCC(=O)O[C@H](C[C@H](C(C)C)N(C)C(=O)[C@@H](CC(=O)C1(C)CCN1C)[C@@H](C)CC)c1nc(C(=O)N[C@@H](Cc2ccc(C)cc2)C[C@H](C)C(=O)O)cs1. The van der Waals surface area contributed by atoms with Crippen LogP contribution in [0.1, 0.15) is 126 Å². The second-order valence-corrected chi connectivity index (χ2v) is 16.6. The Morgan fingerprint density at radius 3 is 2.26 bits per heavy atom. The topological polar surface area (TPSA) is 146 Å². The number of benzene rings is 1. The lowest BCUT2D eigenvalue weighted by Crippen LogP contribution is -2.61. The average Bonchev–Trinajstić information content (AvgIpc) is 3.61. The largest absolute Gasteiger partial charge is 0.481 e. The molecule has 2 aromatic rings. The molecule has 7 atom stereocenters. The van der Waals surface area contributed by atoms with E-state index < -0.39 is 47.4 Å². The van der Waals surface area contributed by atoms with Crippen LogP contribution in [0.5, 0.6) is 0 Å². The van der Waals surface area contributed by atoms with Crippen molar-refractivity contribution in [2.45, 2.75) is 130 Å². The van der Waals surface area contributed by atoms with Crippen LogP contribution in [0, 0.1) is 30.6 Å². The highest BCUT2D eigenvalue weighted by molar-refractivity contribution is 7.09. The summed E-state index contributed by atoms with van der Waals surface area (Å²) in [5.41, 5.74) is 1.67. The molecule has 53 heavy (non-hydrogen) atoms. The highest BCUT2D eigenvalue weighted by atomic mass is 32.1. The zero-order valence-corrected chi connectivity index (χ0v) is 34.3. The number of carbonyl (C=O) groups excluding carboxylic acids is 4. The first-order valence-electron chi connectivity index (χ1n) is 19.2. The molecule has 2 N–H and O–H groups in total. The standard InChI is InChI=1S/C41H62N4O7S/c1-11-13-36(47)52-34(23-33(25(3)4)45(10)39(49)31(27(6)12-2)22-35(46)41(8)18-19-44(41)9)38-43-32(24-53-38)37(48)42-30(20-28(7)40(50)51)21-29-16-14-26(5)15-17-29/h14-17,24-25,27-28,30-31,33-34H,11-13,18-23H2,1-10H3,(H,42,48)(H,50,51)/t27-,28-,30+,31-,33+,34+,41?/m0/s1. The Morgan fingerprint density at radius 2 is 1.74 bits per heavy atom. The molecule has 2 amide bonds. The number of likely N-dealkylation sites (tertiary alicyclic amines) is 1. The number of thiazole rings is 1. The van der Waals surface area contributed by atoms with E-state index in [0.29, 0.717) is 17.8 Å². The lowest BCUT2D eigenvalue weighted by Gasteiger charge is -2.48.